The van der Waals surface area contributed by atoms with Crippen LogP contribution in [0.3, 0.4) is 0 Å². The molecule has 0 aliphatic carbocycles. The molecule has 5 nitrogen and oxygen atoms in total. The Kier molecular flexibility index (Phi) is 5.12. The van der Waals surface area contributed by atoms with E-state index in [2.05, 4.69) is 34.5 Å². The number of nitrogens with zero attached hydrogens (tertiary/aromatic N) is 3. The third-order valence-corrected chi connectivity index (χ3v) is 3.21. The molecule has 0 aliphatic rings. The molecule has 1 N–H and O–H groups in total. The van der Waals surface area contributed by atoms with E-state index in [9.17, 15) is 0 Å². The van der Waals surface area contributed by atoms with Crippen LogP contribution in [0.4, 0.5) is 0 Å². The van der Waals surface area contributed by atoms with Gasteiger partial charge in [0.1, 0.15) is 0 Å². The SMILES string of the molecule is CCNC(Cc1ccc(OC)nc1)Cc1ccn(C)n1. The van der Waals surface area contributed by atoms with Crippen molar-refractivity contribution in [3.8, 4) is 5.88 Å². The Balaban J connectivity index is 2.00. The second-order valence-corrected chi connectivity index (χ2v) is 4.85. The molecule has 0 bridgehead atoms. The number of hydrogen-bond donors (Lipinski definition) is 1. The standard InChI is InChI=1S/C15H22N4O/c1-4-16-14(10-13-7-8-19(2)18-13)9-12-5-6-15(20-3)17-11-12/h5-8,11,14,16H,4,9-10H2,1-3H3. The molecule has 0 radical (unpaired) electrons. The zero-order chi connectivity index (χ0) is 14.4. The summed E-state index contributed by atoms with van der Waals surface area (Å²) in [6.45, 7) is 3.07. The Hall–Kier alpha value is -1.88. The molecule has 0 saturated heterocycles. The number of ether oxygens (including phenoxy) is 1. The molecular formula is C15H22N4O. The van der Waals surface area contributed by atoms with Crippen LogP contribution in [0.5, 0.6) is 5.88 Å². The van der Waals surface area contributed by atoms with Crippen LogP contribution in [-0.2, 0) is 19.9 Å². The molecule has 5 heteroatoms. The molecule has 0 amide bonds. The van der Waals surface area contributed by atoms with E-state index in [1.165, 1.54) is 5.56 Å². The molecule has 0 aromatic carbocycles. The summed E-state index contributed by atoms with van der Waals surface area (Å²) in [6.07, 6.45) is 5.71. The molecule has 2 rings (SSSR count). The first-order valence-electron chi connectivity index (χ1n) is 6.92. The van der Waals surface area contributed by atoms with Gasteiger partial charge in [-0.1, -0.05) is 13.0 Å². The van der Waals surface area contributed by atoms with Crippen LogP contribution in [0.2, 0.25) is 0 Å². The number of pyridine rings is 1. The van der Waals surface area contributed by atoms with Crippen molar-refractivity contribution < 1.29 is 4.74 Å². The van der Waals surface area contributed by atoms with Crippen molar-refractivity contribution in [1.82, 2.24) is 20.1 Å². The lowest BCUT2D eigenvalue weighted by Gasteiger charge is -2.16. The Morgan fingerprint density at radius 2 is 2.15 bits per heavy atom. The second-order valence-electron chi connectivity index (χ2n) is 4.85. The second kappa shape index (κ2) is 7.05. The minimum absolute atomic E-state index is 0.366. The van der Waals surface area contributed by atoms with Crippen LogP contribution in [0.15, 0.2) is 30.6 Å². The van der Waals surface area contributed by atoms with Crippen molar-refractivity contribution in [2.45, 2.75) is 25.8 Å². The van der Waals surface area contributed by atoms with Crippen LogP contribution in [0.25, 0.3) is 0 Å². The first-order chi connectivity index (χ1) is 9.71. The normalized spacial score (nSPS) is 12.3. The summed E-state index contributed by atoms with van der Waals surface area (Å²) < 4.78 is 6.92. The van der Waals surface area contributed by atoms with Gasteiger partial charge in [-0.15, -0.1) is 0 Å². The van der Waals surface area contributed by atoms with Gasteiger partial charge in [0, 0.05) is 38.0 Å². The van der Waals surface area contributed by atoms with Crippen molar-refractivity contribution in [3.63, 3.8) is 0 Å². The summed E-state index contributed by atoms with van der Waals surface area (Å²) in [6, 6.07) is 6.40. The quantitative estimate of drug-likeness (QED) is 0.833. The maximum Gasteiger partial charge on any atom is 0.212 e. The number of aryl methyl sites for hydroxylation is 1. The van der Waals surface area contributed by atoms with E-state index in [0.29, 0.717) is 11.9 Å². The lowest BCUT2D eigenvalue weighted by Crippen LogP contribution is -2.33. The molecule has 108 valence electrons. The van der Waals surface area contributed by atoms with Crippen LogP contribution < -0.4 is 10.1 Å². The summed E-state index contributed by atoms with van der Waals surface area (Å²) in [5.74, 6) is 0.651. The highest BCUT2D eigenvalue weighted by Gasteiger charge is 2.11. The Morgan fingerprint density at radius 3 is 2.70 bits per heavy atom. The molecule has 2 aromatic rings. The molecule has 0 aliphatic heterocycles. The average molecular weight is 274 g/mol. The van der Waals surface area contributed by atoms with Crippen molar-refractivity contribution >= 4 is 0 Å². The van der Waals surface area contributed by atoms with E-state index < -0.39 is 0 Å². The van der Waals surface area contributed by atoms with Gasteiger partial charge in [-0.05, 0) is 24.6 Å². The highest BCUT2D eigenvalue weighted by molar-refractivity contribution is 5.19. The fourth-order valence-corrected chi connectivity index (χ4v) is 2.27. The molecule has 2 aromatic heterocycles. The highest BCUT2D eigenvalue weighted by atomic mass is 16.5. The Labute approximate surface area is 120 Å². The zero-order valence-corrected chi connectivity index (χ0v) is 12.3. The number of methoxy groups -OCH3 is 1. The van der Waals surface area contributed by atoms with Crippen molar-refractivity contribution in [1.29, 1.82) is 0 Å². The van der Waals surface area contributed by atoms with Gasteiger partial charge in [-0.3, -0.25) is 4.68 Å². The average Bonchev–Trinajstić information content (AvgIpc) is 2.85. The molecular weight excluding hydrogens is 252 g/mol. The van der Waals surface area contributed by atoms with Gasteiger partial charge < -0.3 is 10.1 Å². The molecule has 0 fully saturated rings. The Morgan fingerprint density at radius 1 is 1.30 bits per heavy atom. The summed E-state index contributed by atoms with van der Waals surface area (Å²) in [5, 5.41) is 7.95. The molecule has 20 heavy (non-hydrogen) atoms. The molecule has 1 unspecified atom stereocenters. The van der Waals surface area contributed by atoms with Gasteiger partial charge in [0.15, 0.2) is 0 Å². The third kappa shape index (κ3) is 4.06. The summed E-state index contributed by atoms with van der Waals surface area (Å²) in [7, 11) is 3.57. The van der Waals surface area contributed by atoms with E-state index in [1.54, 1.807) is 7.11 Å². The zero-order valence-electron chi connectivity index (χ0n) is 12.3. The number of hydrogen-bond acceptors (Lipinski definition) is 4. The van der Waals surface area contributed by atoms with Crippen LogP contribution >= 0.6 is 0 Å². The predicted molar refractivity (Wildman–Crippen MR) is 78.9 cm³/mol. The minimum atomic E-state index is 0.366. The van der Waals surface area contributed by atoms with E-state index in [0.717, 1.165) is 25.1 Å². The highest BCUT2D eigenvalue weighted by Crippen LogP contribution is 2.11. The molecule has 1 atom stereocenters. The van der Waals surface area contributed by atoms with E-state index in [4.69, 9.17) is 4.74 Å². The largest absolute Gasteiger partial charge is 0.481 e. The maximum absolute atomic E-state index is 5.08. The van der Waals surface area contributed by atoms with Crippen molar-refractivity contribution in [2.75, 3.05) is 13.7 Å². The number of aromatic nitrogens is 3. The van der Waals surface area contributed by atoms with Crippen LogP contribution in [0, 0.1) is 0 Å². The van der Waals surface area contributed by atoms with Gasteiger partial charge in [0.25, 0.3) is 0 Å². The fraction of sp³-hybridized carbons (Fsp3) is 0.467. The minimum Gasteiger partial charge on any atom is -0.481 e. The smallest absolute Gasteiger partial charge is 0.212 e. The molecule has 0 spiro atoms. The molecule has 0 saturated carbocycles. The predicted octanol–water partition coefficient (Wildman–Crippen LogP) is 1.59. The topological polar surface area (TPSA) is 52.0 Å². The van der Waals surface area contributed by atoms with Crippen LogP contribution in [0.1, 0.15) is 18.2 Å². The summed E-state index contributed by atoms with van der Waals surface area (Å²) in [5.41, 5.74) is 2.31. The van der Waals surface area contributed by atoms with Gasteiger partial charge >= 0.3 is 0 Å². The number of rotatable bonds is 7. The molecule has 2 heterocycles. The van der Waals surface area contributed by atoms with Gasteiger partial charge in [0.2, 0.25) is 5.88 Å². The number of likely N-dealkylation sites (N-methyl/N-ethyl adjacent to an activating group) is 1. The van der Waals surface area contributed by atoms with Crippen molar-refractivity contribution in [2.24, 2.45) is 7.05 Å². The first-order valence-corrected chi connectivity index (χ1v) is 6.92. The third-order valence-electron chi connectivity index (χ3n) is 3.21. The van der Waals surface area contributed by atoms with E-state index in [-0.39, 0.29) is 0 Å². The first kappa shape index (κ1) is 14.5. The maximum atomic E-state index is 5.08. The lowest BCUT2D eigenvalue weighted by atomic mass is 10.0. The van der Waals surface area contributed by atoms with Crippen LogP contribution in [-0.4, -0.2) is 34.5 Å². The monoisotopic (exact) mass is 274 g/mol. The fourth-order valence-electron chi connectivity index (χ4n) is 2.27. The lowest BCUT2D eigenvalue weighted by molar-refractivity contribution is 0.397. The number of nitrogens with one attached hydrogen (secondary N) is 1. The van der Waals surface area contributed by atoms with Gasteiger partial charge in [-0.25, -0.2) is 4.98 Å². The van der Waals surface area contributed by atoms with E-state index in [1.807, 2.05) is 30.2 Å². The summed E-state index contributed by atoms with van der Waals surface area (Å²) >= 11 is 0. The summed E-state index contributed by atoms with van der Waals surface area (Å²) in [4.78, 5) is 4.25. The van der Waals surface area contributed by atoms with Crippen molar-refractivity contribution in [3.05, 3.63) is 41.9 Å². The van der Waals surface area contributed by atoms with Gasteiger partial charge in [0.05, 0.1) is 12.8 Å². The van der Waals surface area contributed by atoms with Gasteiger partial charge in [-0.2, -0.15) is 5.10 Å². The Bertz CT molecular complexity index is 521. The van der Waals surface area contributed by atoms with E-state index >= 15 is 0 Å².